The molecule has 4 saturated carbocycles. The van der Waals surface area contributed by atoms with E-state index in [-0.39, 0.29) is 28.9 Å². The SMILES string of the molecule is CC(C)[C@@H](NC(=O)C[C@@H](C)[C@H]1CC[C@H]2[C@@H]3[C@H](O)C[C@@H]4CC(=O)CC[C@]4(C)[C@H]3CC[C@]12C)c1ccc(Br)s1. The van der Waals surface area contributed by atoms with Gasteiger partial charge in [0.2, 0.25) is 5.91 Å². The summed E-state index contributed by atoms with van der Waals surface area (Å²) in [6.45, 7) is 11.5. The van der Waals surface area contributed by atoms with Crippen LogP contribution in [0, 0.1) is 52.3 Å². The van der Waals surface area contributed by atoms with E-state index in [0.717, 1.165) is 35.9 Å². The lowest BCUT2D eigenvalue weighted by atomic mass is 9.44. The Morgan fingerprint density at radius 1 is 1.14 bits per heavy atom. The Balaban J connectivity index is 1.28. The van der Waals surface area contributed by atoms with Crippen LogP contribution in [-0.4, -0.2) is 22.9 Å². The summed E-state index contributed by atoms with van der Waals surface area (Å²) in [5.74, 6) is 3.50. The molecular formula is C31H46BrNO3S. The van der Waals surface area contributed by atoms with Gasteiger partial charge in [-0.25, -0.2) is 0 Å². The zero-order valence-electron chi connectivity index (χ0n) is 23.3. The smallest absolute Gasteiger partial charge is 0.220 e. The summed E-state index contributed by atoms with van der Waals surface area (Å²) in [7, 11) is 0. The number of halogens is 1. The van der Waals surface area contributed by atoms with Gasteiger partial charge in [-0.2, -0.15) is 0 Å². The molecule has 0 bridgehead atoms. The molecule has 4 aliphatic rings. The number of thiophene rings is 1. The molecule has 1 heterocycles. The van der Waals surface area contributed by atoms with Crippen molar-refractivity contribution in [3.8, 4) is 0 Å². The lowest BCUT2D eigenvalue weighted by Crippen LogP contribution is -2.58. The summed E-state index contributed by atoms with van der Waals surface area (Å²) in [4.78, 5) is 26.7. The second-order valence-corrected chi connectivity index (χ2v) is 16.4. The number of fused-ring (bicyclic) bond motifs is 5. The fraction of sp³-hybridized carbons (Fsp3) is 0.806. The maximum absolute atomic E-state index is 13.3. The van der Waals surface area contributed by atoms with Crippen LogP contribution in [0.3, 0.4) is 0 Å². The minimum atomic E-state index is -0.284. The van der Waals surface area contributed by atoms with Gasteiger partial charge >= 0.3 is 0 Å². The van der Waals surface area contributed by atoms with Gasteiger partial charge in [0.25, 0.3) is 0 Å². The molecule has 37 heavy (non-hydrogen) atoms. The molecule has 5 rings (SSSR count). The number of aliphatic hydroxyl groups excluding tert-OH is 1. The molecule has 4 nitrogen and oxygen atoms in total. The van der Waals surface area contributed by atoms with Crippen LogP contribution < -0.4 is 5.32 Å². The van der Waals surface area contributed by atoms with E-state index in [1.807, 2.05) is 0 Å². The second-order valence-electron chi connectivity index (χ2n) is 13.9. The Hall–Kier alpha value is -0.720. The van der Waals surface area contributed by atoms with Crippen LogP contribution in [0.2, 0.25) is 0 Å². The van der Waals surface area contributed by atoms with Crippen molar-refractivity contribution in [2.24, 2.45) is 52.3 Å². The van der Waals surface area contributed by atoms with E-state index in [0.29, 0.717) is 60.1 Å². The Bertz CT molecular complexity index is 1020. The summed E-state index contributed by atoms with van der Waals surface area (Å²) in [6.07, 6.45) is 8.17. The van der Waals surface area contributed by atoms with Gasteiger partial charge in [0.05, 0.1) is 15.9 Å². The number of carbonyl (C=O) groups is 2. The molecule has 206 valence electrons. The van der Waals surface area contributed by atoms with Crippen LogP contribution in [0.15, 0.2) is 15.9 Å². The third kappa shape index (κ3) is 4.90. The summed E-state index contributed by atoms with van der Waals surface area (Å²) in [5, 5.41) is 14.8. The van der Waals surface area contributed by atoms with Gasteiger partial charge in [0, 0.05) is 24.1 Å². The molecule has 1 aromatic rings. The van der Waals surface area contributed by atoms with Crippen molar-refractivity contribution in [2.45, 2.75) is 105 Å². The molecule has 0 radical (unpaired) electrons. The van der Waals surface area contributed by atoms with E-state index >= 15 is 0 Å². The highest BCUT2D eigenvalue weighted by atomic mass is 79.9. The Morgan fingerprint density at radius 2 is 1.86 bits per heavy atom. The quantitative estimate of drug-likeness (QED) is 0.359. The van der Waals surface area contributed by atoms with Crippen LogP contribution in [0.4, 0.5) is 0 Å². The van der Waals surface area contributed by atoms with E-state index in [4.69, 9.17) is 0 Å². The van der Waals surface area contributed by atoms with Crippen molar-refractivity contribution in [1.29, 1.82) is 0 Å². The van der Waals surface area contributed by atoms with Crippen LogP contribution >= 0.6 is 27.3 Å². The van der Waals surface area contributed by atoms with E-state index in [2.05, 4.69) is 68.0 Å². The number of ketones is 1. The highest BCUT2D eigenvalue weighted by Gasteiger charge is 2.63. The second kappa shape index (κ2) is 10.4. The topological polar surface area (TPSA) is 66.4 Å². The standard InChI is InChI=1S/C31H46BrNO3S/c1-17(2)29(25-8-9-26(32)37-25)33-27(36)14-18(3)21-6-7-22-28-23(11-13-31(21,22)5)30(4)12-10-20(34)15-19(30)16-24(28)35/h8-9,17-19,21-24,28-29,35H,6-7,10-16H2,1-5H3,(H,33,36)/t18-,19+,21-,22+,23+,24-,28+,29-,30+,31-/m1/s1. The van der Waals surface area contributed by atoms with Gasteiger partial charge in [-0.3, -0.25) is 9.59 Å². The minimum absolute atomic E-state index is 0.0480. The summed E-state index contributed by atoms with van der Waals surface area (Å²) < 4.78 is 1.10. The first-order chi connectivity index (χ1) is 17.4. The fourth-order valence-electron chi connectivity index (χ4n) is 9.72. The number of rotatable bonds is 6. The lowest BCUT2D eigenvalue weighted by Gasteiger charge is -2.61. The Labute approximate surface area is 235 Å². The number of hydrogen-bond acceptors (Lipinski definition) is 4. The molecule has 0 unspecified atom stereocenters. The van der Waals surface area contributed by atoms with Gasteiger partial charge in [0.15, 0.2) is 0 Å². The van der Waals surface area contributed by atoms with Crippen molar-refractivity contribution >= 4 is 39.0 Å². The fourth-order valence-corrected chi connectivity index (χ4v) is 11.4. The zero-order chi connectivity index (χ0) is 26.7. The summed E-state index contributed by atoms with van der Waals surface area (Å²) in [6, 6.07) is 4.23. The molecule has 0 aromatic carbocycles. The average molecular weight is 593 g/mol. The highest BCUT2D eigenvalue weighted by Crippen LogP contribution is 2.68. The zero-order valence-corrected chi connectivity index (χ0v) is 25.7. The average Bonchev–Trinajstić information content (AvgIpc) is 3.41. The van der Waals surface area contributed by atoms with Gasteiger partial charge in [-0.05, 0) is 119 Å². The highest BCUT2D eigenvalue weighted by molar-refractivity contribution is 9.11. The molecule has 1 amide bonds. The van der Waals surface area contributed by atoms with E-state index < -0.39 is 0 Å². The van der Waals surface area contributed by atoms with Crippen LogP contribution in [0.5, 0.6) is 0 Å². The number of carbonyl (C=O) groups excluding carboxylic acids is 2. The van der Waals surface area contributed by atoms with Gasteiger partial charge in [-0.15, -0.1) is 11.3 Å². The lowest BCUT2D eigenvalue weighted by molar-refractivity contribution is -0.169. The van der Waals surface area contributed by atoms with Gasteiger partial charge < -0.3 is 10.4 Å². The van der Waals surface area contributed by atoms with Crippen molar-refractivity contribution in [1.82, 2.24) is 5.32 Å². The number of hydrogen-bond donors (Lipinski definition) is 2. The molecule has 1 aromatic heterocycles. The normalized spacial score (nSPS) is 41.0. The molecule has 2 N–H and O–H groups in total. The number of aliphatic hydroxyl groups is 1. The van der Waals surface area contributed by atoms with Crippen molar-refractivity contribution in [2.75, 3.05) is 0 Å². The van der Waals surface area contributed by atoms with Crippen molar-refractivity contribution < 1.29 is 14.7 Å². The minimum Gasteiger partial charge on any atom is -0.393 e. The maximum atomic E-state index is 13.3. The van der Waals surface area contributed by atoms with E-state index in [1.54, 1.807) is 11.3 Å². The molecule has 0 spiro atoms. The molecule has 10 atom stereocenters. The summed E-state index contributed by atoms with van der Waals surface area (Å²) >= 11 is 5.27. The van der Waals surface area contributed by atoms with E-state index in [1.165, 1.54) is 17.7 Å². The number of nitrogens with one attached hydrogen (secondary N) is 1. The van der Waals surface area contributed by atoms with Gasteiger partial charge in [0.1, 0.15) is 5.78 Å². The third-order valence-electron chi connectivity index (χ3n) is 11.7. The van der Waals surface area contributed by atoms with Crippen molar-refractivity contribution in [3.05, 3.63) is 20.8 Å². The predicted octanol–water partition coefficient (Wildman–Crippen LogP) is 7.55. The molecule has 0 aliphatic heterocycles. The van der Waals surface area contributed by atoms with Crippen molar-refractivity contribution in [3.63, 3.8) is 0 Å². The first kappa shape index (κ1) is 27.8. The molecular weight excluding hydrogens is 546 g/mol. The van der Waals surface area contributed by atoms with Crippen LogP contribution in [0.25, 0.3) is 0 Å². The third-order valence-corrected chi connectivity index (χ3v) is 13.4. The Kier molecular flexibility index (Phi) is 7.79. The Morgan fingerprint density at radius 3 is 2.54 bits per heavy atom. The largest absolute Gasteiger partial charge is 0.393 e. The molecule has 6 heteroatoms. The molecule has 4 aliphatic carbocycles. The number of Topliss-reactive ketones (excluding diaryl/α,β-unsaturated/α-hetero) is 1. The number of amides is 1. The predicted molar refractivity (Wildman–Crippen MR) is 153 cm³/mol. The monoisotopic (exact) mass is 591 g/mol. The first-order valence-corrected chi connectivity index (χ1v) is 16.3. The van der Waals surface area contributed by atoms with E-state index in [9.17, 15) is 14.7 Å². The van der Waals surface area contributed by atoms with Crippen LogP contribution in [-0.2, 0) is 9.59 Å². The van der Waals surface area contributed by atoms with Gasteiger partial charge in [-0.1, -0.05) is 34.6 Å². The molecule has 4 fully saturated rings. The summed E-state index contributed by atoms with van der Waals surface area (Å²) in [5.41, 5.74) is 0.386. The molecule has 0 saturated heterocycles. The first-order valence-electron chi connectivity index (χ1n) is 14.7. The maximum Gasteiger partial charge on any atom is 0.220 e. The van der Waals surface area contributed by atoms with Crippen LogP contribution in [0.1, 0.15) is 103 Å².